The first-order valence-electron chi connectivity index (χ1n) is 23.5. The van der Waals surface area contributed by atoms with E-state index in [2.05, 4.69) is 51.7 Å². The van der Waals surface area contributed by atoms with E-state index in [9.17, 15) is 19.8 Å². The van der Waals surface area contributed by atoms with Crippen molar-refractivity contribution < 1.29 is 29.1 Å². The number of amides is 2. The van der Waals surface area contributed by atoms with Gasteiger partial charge in [-0.1, -0.05) is 50.2 Å². The van der Waals surface area contributed by atoms with Crippen molar-refractivity contribution in [3.8, 4) is 33.3 Å². The minimum atomic E-state index is -0.817. The molecule has 0 bridgehead atoms. The molecule has 3 aromatic heterocycles. The van der Waals surface area contributed by atoms with E-state index in [4.69, 9.17) is 9.26 Å². The summed E-state index contributed by atoms with van der Waals surface area (Å²) in [5, 5.41) is 40.8. The molecule has 1 unspecified atom stereocenters. The number of rotatable bonds is 14. The number of aryl methyl sites for hydroxylation is 1. The summed E-state index contributed by atoms with van der Waals surface area (Å²) in [4.78, 5) is 42.5. The number of aromatic nitrogens is 4. The fraction of sp³-hybridized carbons (Fsp3) is 0.510. The van der Waals surface area contributed by atoms with E-state index in [1.54, 1.807) is 23.5 Å². The molecule has 0 spiro atoms. The quantitative estimate of drug-likeness (QED) is 0.103. The van der Waals surface area contributed by atoms with Gasteiger partial charge in [0.15, 0.2) is 11.6 Å². The number of ether oxygens (including phenoxy) is 1. The number of aromatic hydroxyl groups is 1. The van der Waals surface area contributed by atoms with Crippen molar-refractivity contribution in [2.45, 2.75) is 83.5 Å². The molecule has 0 radical (unpaired) electrons. The lowest BCUT2D eigenvalue weighted by Gasteiger charge is -2.46. The number of piperazine rings is 1. The Morgan fingerprint density at radius 3 is 2.62 bits per heavy atom. The number of benzene rings is 2. The Hall–Kier alpha value is -5.62. The van der Waals surface area contributed by atoms with Gasteiger partial charge in [-0.3, -0.25) is 19.4 Å². The fourth-order valence-corrected chi connectivity index (χ4v) is 11.0. The predicted octanol–water partition coefficient (Wildman–Crippen LogP) is 5.95. The molecule has 3 saturated heterocycles. The van der Waals surface area contributed by atoms with Crippen molar-refractivity contribution in [3.05, 3.63) is 83.2 Å². The smallest absolute Gasteiger partial charge is 0.254 e. The Balaban J connectivity index is 0.735. The number of thiazole rings is 1. The first-order chi connectivity index (χ1) is 32.0. The van der Waals surface area contributed by atoms with Crippen molar-refractivity contribution in [3.63, 3.8) is 0 Å². The van der Waals surface area contributed by atoms with Gasteiger partial charge < -0.3 is 39.9 Å². The van der Waals surface area contributed by atoms with Gasteiger partial charge in [-0.05, 0) is 92.5 Å². The normalized spacial score (nSPS) is 22.3. The predicted molar refractivity (Wildman–Crippen MR) is 254 cm³/mol. The van der Waals surface area contributed by atoms with Crippen LogP contribution in [0.2, 0.25) is 0 Å². The number of aliphatic hydroxyl groups excluding tert-OH is 1. The number of nitrogens with one attached hydrogen (secondary N) is 2. The number of fused-ring (bicyclic) bond motifs is 3. The highest BCUT2D eigenvalue weighted by Gasteiger charge is 2.44. The number of carbonyl (C=O) groups excluding carboxylic acids is 2. The first-order valence-corrected chi connectivity index (χ1v) is 24.4. The molecular weight excluding hydrogens is 857 g/mol. The van der Waals surface area contributed by atoms with Gasteiger partial charge in [0.05, 0.1) is 45.7 Å². The van der Waals surface area contributed by atoms with Crippen LogP contribution in [0.25, 0.3) is 21.7 Å². The monoisotopic (exact) mass is 918 g/mol. The van der Waals surface area contributed by atoms with E-state index in [1.165, 1.54) is 11.3 Å². The lowest BCUT2D eigenvalue weighted by Crippen LogP contribution is -2.58. The number of phenolic OH excluding ortho intramolecular Hbond substituents is 1. The molecule has 6 atom stereocenters. The van der Waals surface area contributed by atoms with Crippen molar-refractivity contribution in [1.29, 1.82) is 0 Å². The van der Waals surface area contributed by atoms with Crippen LogP contribution in [0.5, 0.6) is 11.6 Å². The molecule has 17 heteroatoms. The molecule has 66 heavy (non-hydrogen) atoms. The van der Waals surface area contributed by atoms with Gasteiger partial charge in [0.25, 0.3) is 5.88 Å². The largest absolute Gasteiger partial charge is 0.507 e. The second-order valence-corrected chi connectivity index (χ2v) is 19.6. The van der Waals surface area contributed by atoms with E-state index in [1.807, 2.05) is 75.7 Å². The number of likely N-dealkylation sites (tertiary alicyclic amines) is 2. The maximum atomic E-state index is 14.2. The molecule has 7 heterocycles. The Morgan fingerprint density at radius 2 is 1.83 bits per heavy atom. The third-order valence-corrected chi connectivity index (χ3v) is 14.8. The zero-order valence-electron chi connectivity index (χ0n) is 38.3. The molecule has 350 valence electrons. The summed E-state index contributed by atoms with van der Waals surface area (Å²) < 4.78 is 11.9. The summed E-state index contributed by atoms with van der Waals surface area (Å²) in [6, 6.07) is 18.3. The van der Waals surface area contributed by atoms with Crippen LogP contribution in [0.1, 0.15) is 75.4 Å². The average Bonchev–Trinajstić information content (AvgIpc) is 4.03. The van der Waals surface area contributed by atoms with E-state index in [-0.39, 0.29) is 42.5 Å². The lowest BCUT2D eigenvalue weighted by molar-refractivity contribution is -0.141. The van der Waals surface area contributed by atoms with Gasteiger partial charge in [0.1, 0.15) is 24.3 Å². The molecule has 2 aromatic carbocycles. The number of anilines is 2. The van der Waals surface area contributed by atoms with Crippen LogP contribution in [-0.4, -0.2) is 141 Å². The van der Waals surface area contributed by atoms with Crippen LogP contribution < -0.4 is 20.3 Å². The first kappa shape index (κ1) is 45.5. The van der Waals surface area contributed by atoms with Crippen LogP contribution in [0.3, 0.4) is 0 Å². The fourth-order valence-electron chi connectivity index (χ4n) is 10.2. The van der Waals surface area contributed by atoms with E-state index >= 15 is 0 Å². The van der Waals surface area contributed by atoms with Crippen LogP contribution in [-0.2, 0) is 9.59 Å². The Morgan fingerprint density at radius 1 is 1.00 bits per heavy atom. The third kappa shape index (κ3) is 10.0. The third-order valence-electron chi connectivity index (χ3n) is 13.8. The van der Waals surface area contributed by atoms with Crippen molar-refractivity contribution in [2.24, 2.45) is 11.8 Å². The summed E-state index contributed by atoms with van der Waals surface area (Å²) in [7, 11) is 0. The van der Waals surface area contributed by atoms with Gasteiger partial charge in [0.2, 0.25) is 11.8 Å². The summed E-state index contributed by atoms with van der Waals surface area (Å²) in [6.45, 7) is 15.9. The minimum absolute atomic E-state index is 0.0643. The standard InChI is InChI=1S/C49H62N10O6S/c1-30(2)45(49(63)59-28-37(60)22-41(59)48(62)52-31(3)34-11-13-35(14-12-34)46-32(4)51-29-66-46)43-24-44(55-65-43)64-21-20-56-16-7-8-33(15-17-56)26-57-18-19-58-36(27-57)25-50-47-40(58)23-39(53-54-47)38-9-5-6-10-42(38)61/h5-6,9-14,23-24,29-31,33,36-37,41,45,60-61H,7-8,15-22,25-28H2,1-4H3,(H,50,54)(H,52,62)/t31-,33?,36-,37+,41-,45+/m0/s1. The average molecular weight is 919 g/mol. The molecular formula is C49H62N10O6S. The summed E-state index contributed by atoms with van der Waals surface area (Å²) in [5.74, 6) is 0.883. The molecule has 4 aliphatic rings. The highest BCUT2D eigenvalue weighted by Crippen LogP contribution is 2.37. The highest BCUT2D eigenvalue weighted by atomic mass is 32.1. The molecule has 4 N–H and O–H groups in total. The molecule has 2 amide bonds. The van der Waals surface area contributed by atoms with Gasteiger partial charge in [-0.2, -0.15) is 0 Å². The summed E-state index contributed by atoms with van der Waals surface area (Å²) in [5.41, 5.74) is 7.24. The van der Waals surface area contributed by atoms with E-state index < -0.39 is 18.1 Å². The maximum Gasteiger partial charge on any atom is 0.254 e. The maximum absolute atomic E-state index is 14.2. The Labute approximate surface area is 390 Å². The number of para-hydroxylation sites is 1. The molecule has 9 rings (SSSR count). The molecule has 5 aromatic rings. The number of nitrogens with zero attached hydrogens (tertiary/aromatic N) is 8. The molecule has 16 nitrogen and oxygen atoms in total. The number of β-amino-alcohol motifs (C(OH)–C–C–N with tert-alkyl or cyclic N) is 1. The van der Waals surface area contributed by atoms with E-state index in [0.29, 0.717) is 41.5 Å². The number of phenols is 1. The highest BCUT2D eigenvalue weighted by molar-refractivity contribution is 7.13. The number of carbonyl (C=O) groups is 2. The van der Waals surface area contributed by atoms with Gasteiger partial charge in [0, 0.05) is 63.9 Å². The zero-order valence-corrected chi connectivity index (χ0v) is 39.1. The minimum Gasteiger partial charge on any atom is -0.507 e. The Bertz CT molecular complexity index is 2460. The van der Waals surface area contributed by atoms with Gasteiger partial charge in [-0.25, -0.2) is 4.98 Å². The second kappa shape index (κ2) is 20.1. The van der Waals surface area contributed by atoms with Crippen LogP contribution >= 0.6 is 11.3 Å². The number of hydrogen-bond donors (Lipinski definition) is 4. The van der Waals surface area contributed by atoms with Gasteiger partial charge in [-0.15, -0.1) is 21.5 Å². The van der Waals surface area contributed by atoms with Crippen molar-refractivity contribution in [1.82, 2.24) is 40.4 Å². The SMILES string of the molecule is Cc1ncsc1-c1ccc([C@H](C)NC(=O)[C@@H]2C[C@@H](O)CN2C(=O)[C@@H](c2cc(OCCN3CCCC(CN4CCN5c6cc(-c7ccccc7O)nnc6NC[C@H]5C4)CC3)no2)C(C)C)cc1. The Kier molecular flexibility index (Phi) is 13.9. The number of hydrogen-bond acceptors (Lipinski definition) is 15. The molecule has 3 fully saturated rings. The van der Waals surface area contributed by atoms with Crippen LogP contribution in [0, 0.1) is 18.8 Å². The van der Waals surface area contributed by atoms with E-state index in [0.717, 1.165) is 98.4 Å². The molecule has 4 aliphatic heterocycles. The summed E-state index contributed by atoms with van der Waals surface area (Å²) >= 11 is 1.60. The lowest BCUT2D eigenvalue weighted by atomic mass is 9.91. The van der Waals surface area contributed by atoms with Crippen molar-refractivity contribution >= 4 is 34.7 Å². The van der Waals surface area contributed by atoms with Crippen LogP contribution in [0.15, 0.2) is 70.7 Å². The summed E-state index contributed by atoms with van der Waals surface area (Å²) in [6.07, 6.45) is 2.80. The molecule has 0 saturated carbocycles. The van der Waals surface area contributed by atoms with Gasteiger partial charge >= 0.3 is 0 Å². The van der Waals surface area contributed by atoms with Crippen molar-refractivity contribution in [2.75, 3.05) is 75.7 Å². The molecule has 0 aliphatic carbocycles. The number of aliphatic hydroxyl groups is 1. The second-order valence-electron chi connectivity index (χ2n) is 18.8. The zero-order chi connectivity index (χ0) is 45.9. The van der Waals surface area contributed by atoms with Crippen LogP contribution in [0.4, 0.5) is 11.5 Å². The topological polar surface area (TPSA) is 186 Å².